The van der Waals surface area contributed by atoms with Gasteiger partial charge in [-0.3, -0.25) is 14.5 Å². The van der Waals surface area contributed by atoms with Crippen molar-refractivity contribution in [2.24, 2.45) is 0 Å². The van der Waals surface area contributed by atoms with E-state index in [1.807, 2.05) is 13.0 Å². The van der Waals surface area contributed by atoms with E-state index in [9.17, 15) is 19.8 Å². The number of carbonyl (C=O) groups is 2. The number of hydrogen-bond donors (Lipinski definition) is 2. The number of fused-ring (bicyclic) bond motifs is 1. The summed E-state index contributed by atoms with van der Waals surface area (Å²) in [6, 6.07) is 18.7. The van der Waals surface area contributed by atoms with Crippen LogP contribution in [0.1, 0.15) is 35.2 Å². The van der Waals surface area contributed by atoms with Crippen LogP contribution in [-0.4, -0.2) is 28.0 Å². The Hall–Kier alpha value is -4.57. The van der Waals surface area contributed by atoms with Crippen molar-refractivity contribution in [3.05, 3.63) is 94.6 Å². The summed E-state index contributed by atoms with van der Waals surface area (Å²) >= 11 is 0. The lowest BCUT2D eigenvalue weighted by atomic mass is 9.94. The summed E-state index contributed by atoms with van der Waals surface area (Å²) in [5.74, 6) is -1.25. The molecule has 1 amide bonds. The van der Waals surface area contributed by atoms with Crippen molar-refractivity contribution in [2.75, 3.05) is 4.90 Å². The second-order valence-electron chi connectivity index (χ2n) is 8.38. The highest BCUT2D eigenvalue weighted by molar-refractivity contribution is 6.51. The zero-order chi connectivity index (χ0) is 24.0. The number of nitriles is 1. The molecule has 0 aromatic heterocycles. The van der Waals surface area contributed by atoms with Gasteiger partial charge in [0.05, 0.1) is 23.2 Å². The molecule has 2 heterocycles. The monoisotopic (exact) mass is 452 g/mol. The summed E-state index contributed by atoms with van der Waals surface area (Å²) in [5, 5.41) is 30.5. The van der Waals surface area contributed by atoms with Crippen LogP contribution in [0.5, 0.6) is 11.5 Å². The fourth-order valence-corrected chi connectivity index (χ4v) is 4.53. The van der Waals surface area contributed by atoms with Gasteiger partial charge in [-0.25, -0.2) is 0 Å². The van der Waals surface area contributed by atoms with E-state index in [2.05, 4.69) is 0 Å². The van der Waals surface area contributed by atoms with Crippen LogP contribution in [0.4, 0.5) is 5.69 Å². The predicted octanol–water partition coefficient (Wildman–Crippen LogP) is 4.21. The maximum absolute atomic E-state index is 13.2. The third-order valence-electron chi connectivity index (χ3n) is 6.07. The molecule has 0 saturated carbocycles. The van der Waals surface area contributed by atoms with Gasteiger partial charge in [-0.2, -0.15) is 5.26 Å². The van der Waals surface area contributed by atoms with Gasteiger partial charge in [0.2, 0.25) is 0 Å². The van der Waals surface area contributed by atoms with Crippen LogP contribution in [0.25, 0.3) is 5.76 Å². The lowest BCUT2D eigenvalue weighted by Gasteiger charge is -2.25. The molecule has 1 saturated heterocycles. The number of aromatic hydroxyl groups is 1. The van der Waals surface area contributed by atoms with E-state index in [1.54, 1.807) is 54.6 Å². The first kappa shape index (κ1) is 21.3. The van der Waals surface area contributed by atoms with Gasteiger partial charge in [-0.15, -0.1) is 0 Å². The van der Waals surface area contributed by atoms with Crippen LogP contribution in [-0.2, 0) is 16.0 Å². The molecule has 2 aliphatic heterocycles. The average Bonchev–Trinajstić information content (AvgIpc) is 3.34. The Labute approximate surface area is 195 Å². The van der Waals surface area contributed by atoms with Crippen LogP contribution >= 0.6 is 0 Å². The van der Waals surface area contributed by atoms with Gasteiger partial charge in [-0.05, 0) is 72.6 Å². The van der Waals surface area contributed by atoms with Crippen molar-refractivity contribution in [3.63, 3.8) is 0 Å². The Morgan fingerprint density at radius 3 is 2.56 bits per heavy atom. The molecule has 168 valence electrons. The zero-order valence-electron chi connectivity index (χ0n) is 18.2. The van der Waals surface area contributed by atoms with Crippen molar-refractivity contribution in [1.29, 1.82) is 5.26 Å². The molecular weight excluding hydrogens is 432 g/mol. The fraction of sp³-hybridized carbons (Fsp3) is 0.148. The molecule has 5 rings (SSSR count). The lowest BCUT2D eigenvalue weighted by molar-refractivity contribution is -0.132. The molecule has 1 fully saturated rings. The number of carbonyl (C=O) groups excluding carboxylic acids is 2. The molecule has 2 N–H and O–H groups in total. The maximum atomic E-state index is 13.2. The number of aliphatic hydroxyl groups excluding tert-OH is 1. The minimum atomic E-state index is -0.969. The number of amides is 1. The topological polar surface area (TPSA) is 111 Å². The molecule has 0 spiro atoms. The second-order valence-corrected chi connectivity index (χ2v) is 8.38. The highest BCUT2D eigenvalue weighted by Gasteiger charge is 2.47. The molecule has 34 heavy (non-hydrogen) atoms. The van der Waals surface area contributed by atoms with E-state index in [-0.39, 0.29) is 23.2 Å². The number of ketones is 1. The number of ether oxygens (including phenoxy) is 1. The number of phenols is 1. The Morgan fingerprint density at radius 2 is 1.85 bits per heavy atom. The van der Waals surface area contributed by atoms with Crippen LogP contribution in [0, 0.1) is 11.3 Å². The Morgan fingerprint density at radius 1 is 1.09 bits per heavy atom. The Bertz CT molecular complexity index is 1400. The average molecular weight is 452 g/mol. The van der Waals surface area contributed by atoms with E-state index in [0.29, 0.717) is 28.8 Å². The SMILES string of the molecule is CC1Cc2cc(/C(O)=C3/C(=O)C(=O)N(c4ccc(C#N)cc4)C3c3cccc(O)c3)ccc2O1. The molecule has 7 heteroatoms. The van der Waals surface area contributed by atoms with Crippen molar-refractivity contribution < 1.29 is 24.5 Å². The summed E-state index contributed by atoms with van der Waals surface area (Å²) in [6.07, 6.45) is 0.688. The number of aliphatic hydroxyl groups is 1. The number of rotatable bonds is 3. The molecule has 0 radical (unpaired) electrons. The summed E-state index contributed by atoms with van der Waals surface area (Å²) in [4.78, 5) is 27.7. The van der Waals surface area contributed by atoms with Gasteiger partial charge in [0.25, 0.3) is 11.7 Å². The predicted molar refractivity (Wildman–Crippen MR) is 124 cm³/mol. The number of phenolic OH excluding ortho intramolecular Hbond substituents is 1. The summed E-state index contributed by atoms with van der Waals surface area (Å²) < 4.78 is 5.72. The van der Waals surface area contributed by atoms with E-state index >= 15 is 0 Å². The first-order valence-electron chi connectivity index (χ1n) is 10.8. The summed E-state index contributed by atoms with van der Waals surface area (Å²) in [7, 11) is 0. The molecule has 2 atom stereocenters. The van der Waals surface area contributed by atoms with Gasteiger partial charge >= 0.3 is 0 Å². The highest BCUT2D eigenvalue weighted by atomic mass is 16.5. The van der Waals surface area contributed by atoms with Crippen LogP contribution < -0.4 is 9.64 Å². The number of benzene rings is 3. The van der Waals surface area contributed by atoms with Crippen molar-refractivity contribution in [3.8, 4) is 17.6 Å². The smallest absolute Gasteiger partial charge is 0.300 e. The number of hydrogen-bond acceptors (Lipinski definition) is 6. The van der Waals surface area contributed by atoms with Crippen LogP contribution in [0.15, 0.2) is 72.3 Å². The molecule has 3 aromatic rings. The molecular formula is C27H20N2O5. The number of anilines is 1. The highest BCUT2D eigenvalue weighted by Crippen LogP contribution is 2.43. The first-order valence-corrected chi connectivity index (χ1v) is 10.8. The maximum Gasteiger partial charge on any atom is 0.300 e. The standard InChI is InChI=1S/C27H20N2O5/c1-15-11-19-12-18(7-10-22(19)34-15)25(31)23-24(17-3-2-4-21(30)13-17)29(27(33)26(23)32)20-8-5-16(14-28)6-9-20/h2-10,12-13,15,24,30-31H,11H2,1H3/b25-23-. The van der Waals surface area contributed by atoms with Crippen molar-refractivity contribution >= 4 is 23.1 Å². The van der Waals surface area contributed by atoms with E-state index < -0.39 is 17.7 Å². The zero-order valence-corrected chi connectivity index (χ0v) is 18.2. The molecule has 2 aliphatic rings. The van der Waals surface area contributed by atoms with E-state index in [0.717, 1.165) is 11.3 Å². The second kappa shape index (κ2) is 8.09. The lowest BCUT2D eigenvalue weighted by Crippen LogP contribution is -2.29. The third-order valence-corrected chi connectivity index (χ3v) is 6.07. The van der Waals surface area contributed by atoms with Gasteiger partial charge in [-0.1, -0.05) is 12.1 Å². The largest absolute Gasteiger partial charge is 0.508 e. The van der Waals surface area contributed by atoms with Crippen molar-refractivity contribution in [2.45, 2.75) is 25.5 Å². The third kappa shape index (κ3) is 3.46. The molecule has 7 nitrogen and oxygen atoms in total. The van der Waals surface area contributed by atoms with Gasteiger partial charge < -0.3 is 14.9 Å². The normalized spacial score (nSPS) is 20.6. The van der Waals surface area contributed by atoms with Gasteiger partial charge in [0.15, 0.2) is 0 Å². The molecule has 0 aliphatic carbocycles. The summed E-state index contributed by atoms with van der Waals surface area (Å²) in [6.45, 7) is 1.95. The van der Waals surface area contributed by atoms with E-state index in [1.165, 1.54) is 17.0 Å². The van der Waals surface area contributed by atoms with Gasteiger partial charge in [0, 0.05) is 17.7 Å². The quantitative estimate of drug-likeness (QED) is 0.350. The number of nitrogens with zero attached hydrogens (tertiary/aromatic N) is 2. The van der Waals surface area contributed by atoms with Crippen LogP contribution in [0.3, 0.4) is 0 Å². The Kier molecular flexibility index (Phi) is 5.06. The molecule has 0 bridgehead atoms. The number of Topliss-reactive ketones (excluding diaryl/α,β-unsaturated/α-hetero) is 1. The minimum Gasteiger partial charge on any atom is -0.508 e. The fourth-order valence-electron chi connectivity index (χ4n) is 4.53. The van der Waals surface area contributed by atoms with Crippen molar-refractivity contribution in [1.82, 2.24) is 0 Å². The Balaban J connectivity index is 1.69. The minimum absolute atomic E-state index is 0.0154. The van der Waals surface area contributed by atoms with Gasteiger partial charge in [0.1, 0.15) is 23.4 Å². The van der Waals surface area contributed by atoms with Crippen LogP contribution in [0.2, 0.25) is 0 Å². The summed E-state index contributed by atoms with van der Waals surface area (Å²) in [5.41, 5.74) is 2.50. The molecule has 2 unspecified atom stereocenters. The van der Waals surface area contributed by atoms with E-state index in [4.69, 9.17) is 10.00 Å². The first-order chi connectivity index (χ1) is 16.4. The molecule has 3 aromatic carbocycles.